The number of hydrogen-bond acceptors (Lipinski definition) is 7. The van der Waals surface area contributed by atoms with Crippen LogP contribution in [-0.4, -0.2) is 35.3 Å². The molecule has 0 saturated carbocycles. The van der Waals surface area contributed by atoms with Gasteiger partial charge in [0.05, 0.1) is 6.54 Å². The van der Waals surface area contributed by atoms with E-state index in [4.69, 9.17) is 18.7 Å². The molecular weight excluding hydrogens is 358 g/mol. The fourth-order valence-electron chi connectivity index (χ4n) is 3.00. The highest BCUT2D eigenvalue weighted by molar-refractivity contribution is 5.44. The van der Waals surface area contributed by atoms with E-state index in [-0.39, 0.29) is 12.6 Å². The topological polar surface area (TPSA) is 69.9 Å². The SMILES string of the molecule is C[C@H](c1ccc2c(c1)OCCO2)N(C)Cc1nc(COc2ccccc2)no1. The molecule has 0 radical (unpaired) electrons. The molecule has 146 valence electrons. The monoisotopic (exact) mass is 381 g/mol. The van der Waals surface area contributed by atoms with E-state index in [1.807, 2.05) is 49.5 Å². The third-order valence-electron chi connectivity index (χ3n) is 4.72. The van der Waals surface area contributed by atoms with E-state index in [2.05, 4.69) is 28.0 Å². The Morgan fingerprint density at radius 1 is 1.07 bits per heavy atom. The van der Waals surface area contributed by atoms with Crippen LogP contribution in [0, 0.1) is 0 Å². The summed E-state index contributed by atoms with van der Waals surface area (Å²) in [6.45, 7) is 4.11. The van der Waals surface area contributed by atoms with Crippen LogP contribution >= 0.6 is 0 Å². The first-order valence-corrected chi connectivity index (χ1v) is 9.28. The maximum atomic E-state index is 5.68. The molecule has 0 aliphatic carbocycles. The first-order chi connectivity index (χ1) is 13.7. The van der Waals surface area contributed by atoms with Crippen LogP contribution in [0.1, 0.15) is 30.2 Å². The molecule has 2 aromatic carbocycles. The first-order valence-electron chi connectivity index (χ1n) is 9.28. The van der Waals surface area contributed by atoms with Crippen LogP contribution in [0.25, 0.3) is 0 Å². The largest absolute Gasteiger partial charge is 0.486 e. The molecule has 3 aromatic rings. The molecule has 2 heterocycles. The highest BCUT2D eigenvalue weighted by Crippen LogP contribution is 2.34. The fraction of sp³-hybridized carbons (Fsp3) is 0.333. The number of rotatable bonds is 7. The van der Waals surface area contributed by atoms with Crippen molar-refractivity contribution in [3.63, 3.8) is 0 Å². The Morgan fingerprint density at radius 3 is 2.68 bits per heavy atom. The highest BCUT2D eigenvalue weighted by atomic mass is 16.6. The lowest BCUT2D eigenvalue weighted by molar-refractivity contribution is 0.170. The zero-order valence-electron chi connectivity index (χ0n) is 16.0. The molecule has 7 heteroatoms. The molecule has 0 saturated heterocycles. The molecule has 7 nitrogen and oxygen atoms in total. The van der Waals surface area contributed by atoms with Gasteiger partial charge in [-0.25, -0.2) is 0 Å². The predicted octanol–water partition coefficient (Wildman–Crippen LogP) is 3.61. The molecule has 1 aliphatic rings. The van der Waals surface area contributed by atoms with Gasteiger partial charge in [-0.3, -0.25) is 4.90 Å². The Kier molecular flexibility index (Phi) is 5.43. The van der Waals surface area contributed by atoms with Crippen LogP contribution < -0.4 is 14.2 Å². The lowest BCUT2D eigenvalue weighted by Gasteiger charge is -2.25. The maximum Gasteiger partial charge on any atom is 0.240 e. The summed E-state index contributed by atoms with van der Waals surface area (Å²) in [6.07, 6.45) is 0. The fourth-order valence-corrected chi connectivity index (χ4v) is 3.00. The second kappa shape index (κ2) is 8.31. The summed E-state index contributed by atoms with van der Waals surface area (Å²) in [5.41, 5.74) is 1.14. The van der Waals surface area contributed by atoms with Gasteiger partial charge in [-0.2, -0.15) is 4.98 Å². The zero-order chi connectivity index (χ0) is 19.3. The van der Waals surface area contributed by atoms with Crippen LogP contribution in [0.2, 0.25) is 0 Å². The van der Waals surface area contributed by atoms with Crippen LogP contribution in [-0.2, 0) is 13.2 Å². The van der Waals surface area contributed by atoms with Gasteiger partial charge in [0, 0.05) is 6.04 Å². The van der Waals surface area contributed by atoms with Crippen LogP contribution in [0.5, 0.6) is 17.2 Å². The highest BCUT2D eigenvalue weighted by Gasteiger charge is 2.19. The normalized spacial score (nSPS) is 14.1. The van der Waals surface area contributed by atoms with Crippen LogP contribution in [0.4, 0.5) is 0 Å². The van der Waals surface area contributed by atoms with Gasteiger partial charge in [-0.1, -0.05) is 29.4 Å². The van der Waals surface area contributed by atoms with Gasteiger partial charge in [0.25, 0.3) is 0 Å². The first kappa shape index (κ1) is 18.3. The Bertz CT molecular complexity index is 913. The van der Waals surface area contributed by atoms with Gasteiger partial charge < -0.3 is 18.7 Å². The standard InChI is InChI=1S/C21H23N3O4/c1-15(16-8-9-18-19(12-16)26-11-10-25-18)24(2)13-21-22-20(23-28-21)14-27-17-6-4-3-5-7-17/h3-9,12,15H,10-11,13-14H2,1-2H3/t15-/m1/s1. The van der Waals surface area contributed by atoms with Crippen molar-refractivity contribution in [2.75, 3.05) is 20.3 Å². The van der Waals surface area contributed by atoms with Gasteiger partial charge in [-0.05, 0) is 43.8 Å². The van der Waals surface area contributed by atoms with E-state index >= 15 is 0 Å². The molecule has 0 bridgehead atoms. The Labute approximate surface area is 163 Å². The third kappa shape index (κ3) is 4.26. The molecule has 0 unspecified atom stereocenters. The summed E-state index contributed by atoms with van der Waals surface area (Å²) in [4.78, 5) is 6.56. The summed E-state index contributed by atoms with van der Waals surface area (Å²) in [6, 6.07) is 15.8. The summed E-state index contributed by atoms with van der Waals surface area (Å²) in [5.74, 6) is 3.45. The van der Waals surface area contributed by atoms with Gasteiger partial charge >= 0.3 is 0 Å². The third-order valence-corrected chi connectivity index (χ3v) is 4.72. The van der Waals surface area contributed by atoms with Crippen molar-refractivity contribution in [3.05, 3.63) is 65.8 Å². The lowest BCUT2D eigenvalue weighted by Crippen LogP contribution is -2.22. The molecule has 0 fully saturated rings. The molecule has 0 amide bonds. The quantitative estimate of drug-likeness (QED) is 0.619. The summed E-state index contributed by atoms with van der Waals surface area (Å²) < 4.78 is 22.3. The molecule has 1 aliphatic heterocycles. The summed E-state index contributed by atoms with van der Waals surface area (Å²) in [7, 11) is 2.02. The number of hydrogen-bond donors (Lipinski definition) is 0. The minimum absolute atomic E-state index is 0.145. The van der Waals surface area contributed by atoms with Crippen molar-refractivity contribution < 1.29 is 18.7 Å². The zero-order valence-corrected chi connectivity index (χ0v) is 16.0. The van der Waals surface area contributed by atoms with Crippen LogP contribution in [0.3, 0.4) is 0 Å². The van der Waals surface area contributed by atoms with E-state index in [9.17, 15) is 0 Å². The maximum absolute atomic E-state index is 5.68. The van der Waals surface area contributed by atoms with E-state index in [0.717, 1.165) is 22.8 Å². The van der Waals surface area contributed by atoms with Gasteiger partial charge in [0.2, 0.25) is 11.7 Å². The van der Waals surface area contributed by atoms with E-state index in [1.54, 1.807) is 0 Å². The minimum atomic E-state index is 0.145. The van der Waals surface area contributed by atoms with Gasteiger partial charge in [0.15, 0.2) is 18.1 Å². The number of ether oxygens (including phenoxy) is 3. The molecule has 1 atom stereocenters. The van der Waals surface area contributed by atoms with E-state index < -0.39 is 0 Å². The Morgan fingerprint density at radius 2 is 1.86 bits per heavy atom. The number of nitrogens with zero attached hydrogens (tertiary/aromatic N) is 3. The lowest BCUT2D eigenvalue weighted by atomic mass is 10.1. The van der Waals surface area contributed by atoms with Crippen molar-refractivity contribution in [2.24, 2.45) is 0 Å². The van der Waals surface area contributed by atoms with E-state index in [1.165, 1.54) is 0 Å². The summed E-state index contributed by atoms with van der Waals surface area (Å²) in [5, 5.41) is 4.00. The smallest absolute Gasteiger partial charge is 0.240 e. The Balaban J connectivity index is 1.35. The van der Waals surface area contributed by atoms with Gasteiger partial charge in [0.1, 0.15) is 19.0 Å². The van der Waals surface area contributed by atoms with E-state index in [0.29, 0.717) is 31.5 Å². The number of aromatic nitrogens is 2. The van der Waals surface area contributed by atoms with Crippen LogP contribution in [0.15, 0.2) is 53.1 Å². The van der Waals surface area contributed by atoms with Crippen molar-refractivity contribution in [1.29, 1.82) is 0 Å². The summed E-state index contributed by atoms with van der Waals surface area (Å²) >= 11 is 0. The average molecular weight is 381 g/mol. The molecule has 1 aromatic heterocycles. The second-order valence-electron chi connectivity index (χ2n) is 6.70. The second-order valence-corrected chi connectivity index (χ2v) is 6.70. The minimum Gasteiger partial charge on any atom is -0.486 e. The number of fused-ring (bicyclic) bond motifs is 1. The van der Waals surface area contributed by atoms with Crippen molar-refractivity contribution >= 4 is 0 Å². The molecular formula is C21H23N3O4. The van der Waals surface area contributed by atoms with Crippen molar-refractivity contribution in [2.45, 2.75) is 26.1 Å². The van der Waals surface area contributed by atoms with Crippen molar-refractivity contribution in [3.8, 4) is 17.2 Å². The molecule has 28 heavy (non-hydrogen) atoms. The van der Waals surface area contributed by atoms with Gasteiger partial charge in [-0.15, -0.1) is 0 Å². The molecule has 4 rings (SSSR count). The Hall–Kier alpha value is -3.06. The number of para-hydroxylation sites is 1. The molecule has 0 N–H and O–H groups in total. The average Bonchev–Trinajstić information content (AvgIpc) is 3.19. The predicted molar refractivity (Wildman–Crippen MR) is 102 cm³/mol. The number of benzene rings is 2. The van der Waals surface area contributed by atoms with Crippen molar-refractivity contribution in [1.82, 2.24) is 15.0 Å². The molecule has 0 spiro atoms.